The topological polar surface area (TPSA) is 77.9 Å². The summed E-state index contributed by atoms with van der Waals surface area (Å²) in [6, 6.07) is 8.66. The van der Waals surface area contributed by atoms with Crippen molar-refractivity contribution < 1.29 is 31.5 Å². The lowest BCUT2D eigenvalue weighted by Crippen LogP contribution is -2.47. The number of sulfonamides is 1. The Balaban J connectivity index is 1.96. The molecular formula is C17H14BrF3N2O4S. The van der Waals surface area contributed by atoms with E-state index in [1.54, 1.807) is 6.07 Å². The van der Waals surface area contributed by atoms with Crippen LogP contribution in [0.3, 0.4) is 0 Å². The lowest BCUT2D eigenvalue weighted by Gasteiger charge is -2.37. The van der Waals surface area contributed by atoms with Gasteiger partial charge in [-0.15, -0.1) is 0 Å². The number of carbonyl (C=O) groups is 1. The molecule has 3 rings (SSSR count). The highest BCUT2D eigenvalue weighted by Crippen LogP contribution is 2.36. The summed E-state index contributed by atoms with van der Waals surface area (Å²) in [5.74, 6) is -1.14. The largest absolute Gasteiger partial charge is 0.480 e. The van der Waals surface area contributed by atoms with Crippen LogP contribution in [0.4, 0.5) is 18.9 Å². The fraction of sp³-hybridized carbons (Fsp3) is 0.235. The van der Waals surface area contributed by atoms with E-state index < -0.39 is 34.3 Å². The number of anilines is 1. The summed E-state index contributed by atoms with van der Waals surface area (Å²) < 4.78 is 65.6. The standard InChI is InChI=1S/C17H14BrF3N2O4S/c18-13-5-6-14-15(7-13)28(26,27)23(10-22(14)9-16(24)25)8-11-1-3-12(4-2-11)17(19,20)21/h1-7H,8-10H2,(H,24,25). The van der Waals surface area contributed by atoms with Crippen molar-refractivity contribution in [2.75, 3.05) is 18.1 Å². The summed E-state index contributed by atoms with van der Waals surface area (Å²) in [6.07, 6.45) is -4.49. The molecular weight excluding hydrogens is 465 g/mol. The average Bonchev–Trinajstić information content (AvgIpc) is 2.58. The maximum Gasteiger partial charge on any atom is 0.416 e. The Morgan fingerprint density at radius 1 is 1.14 bits per heavy atom. The number of carboxylic acid groups (broad SMARTS) is 1. The first-order valence-corrected chi connectivity index (χ1v) is 10.1. The van der Waals surface area contributed by atoms with E-state index >= 15 is 0 Å². The van der Waals surface area contributed by atoms with Crippen LogP contribution in [0.1, 0.15) is 11.1 Å². The van der Waals surface area contributed by atoms with E-state index in [0.717, 1.165) is 16.4 Å². The third-order valence-corrected chi connectivity index (χ3v) is 6.48. The third kappa shape index (κ3) is 4.15. The van der Waals surface area contributed by atoms with E-state index in [0.29, 0.717) is 10.0 Å². The molecule has 0 saturated carbocycles. The predicted octanol–water partition coefficient (Wildman–Crippen LogP) is 3.52. The summed E-state index contributed by atoms with van der Waals surface area (Å²) in [6.45, 7) is -0.847. The summed E-state index contributed by atoms with van der Waals surface area (Å²) in [5, 5.41) is 9.13. The zero-order valence-electron chi connectivity index (χ0n) is 14.1. The van der Waals surface area contributed by atoms with Crippen LogP contribution in [0.5, 0.6) is 0 Å². The van der Waals surface area contributed by atoms with E-state index in [2.05, 4.69) is 15.9 Å². The molecule has 28 heavy (non-hydrogen) atoms. The van der Waals surface area contributed by atoms with Crippen molar-refractivity contribution >= 4 is 37.6 Å². The van der Waals surface area contributed by atoms with Crippen LogP contribution in [0.2, 0.25) is 0 Å². The highest BCUT2D eigenvalue weighted by molar-refractivity contribution is 9.10. The lowest BCUT2D eigenvalue weighted by atomic mass is 10.1. The van der Waals surface area contributed by atoms with Crippen LogP contribution in [-0.4, -0.2) is 37.0 Å². The van der Waals surface area contributed by atoms with Gasteiger partial charge in [0, 0.05) is 11.0 Å². The molecule has 0 atom stereocenters. The van der Waals surface area contributed by atoms with Crippen LogP contribution in [0.15, 0.2) is 51.8 Å². The summed E-state index contributed by atoms with van der Waals surface area (Å²) in [7, 11) is -3.96. The van der Waals surface area contributed by atoms with Gasteiger partial charge in [0.05, 0.1) is 17.9 Å². The molecule has 0 bridgehead atoms. The lowest BCUT2D eigenvalue weighted by molar-refractivity contribution is -0.137. The smallest absolute Gasteiger partial charge is 0.416 e. The SMILES string of the molecule is O=C(O)CN1CN(Cc2ccc(C(F)(F)F)cc2)S(=O)(=O)c2cc(Br)ccc21. The molecule has 1 aliphatic heterocycles. The van der Waals surface area contributed by atoms with Crippen LogP contribution < -0.4 is 4.90 Å². The van der Waals surface area contributed by atoms with E-state index in [9.17, 15) is 26.4 Å². The van der Waals surface area contributed by atoms with Crippen molar-refractivity contribution in [3.8, 4) is 0 Å². The monoisotopic (exact) mass is 478 g/mol. The van der Waals surface area contributed by atoms with Crippen LogP contribution in [-0.2, 0) is 27.5 Å². The van der Waals surface area contributed by atoms with E-state index in [1.165, 1.54) is 29.2 Å². The van der Waals surface area contributed by atoms with Gasteiger partial charge in [0.1, 0.15) is 11.4 Å². The number of halogens is 4. The highest BCUT2D eigenvalue weighted by Gasteiger charge is 2.36. The normalized spacial score (nSPS) is 16.6. The number of benzene rings is 2. The molecule has 0 unspecified atom stereocenters. The Morgan fingerprint density at radius 2 is 1.79 bits per heavy atom. The molecule has 2 aromatic rings. The van der Waals surface area contributed by atoms with Crippen LogP contribution >= 0.6 is 15.9 Å². The number of aliphatic carboxylic acids is 1. The second-order valence-corrected chi connectivity index (χ2v) is 8.98. The summed E-state index contributed by atoms with van der Waals surface area (Å²) >= 11 is 3.20. The van der Waals surface area contributed by atoms with E-state index in [1.807, 2.05) is 0 Å². The van der Waals surface area contributed by atoms with Crippen molar-refractivity contribution in [1.29, 1.82) is 0 Å². The number of hydrogen-bond acceptors (Lipinski definition) is 4. The summed E-state index contributed by atoms with van der Waals surface area (Å²) in [4.78, 5) is 12.5. The van der Waals surface area contributed by atoms with Gasteiger partial charge in [0.15, 0.2) is 0 Å². The average molecular weight is 479 g/mol. The highest BCUT2D eigenvalue weighted by atomic mass is 79.9. The first-order chi connectivity index (χ1) is 13.0. The first kappa shape index (κ1) is 20.6. The Morgan fingerprint density at radius 3 is 2.36 bits per heavy atom. The fourth-order valence-electron chi connectivity index (χ4n) is 2.87. The number of nitrogens with zero attached hydrogens (tertiary/aromatic N) is 2. The molecule has 2 aromatic carbocycles. The van der Waals surface area contributed by atoms with Gasteiger partial charge in [-0.2, -0.15) is 17.5 Å². The van der Waals surface area contributed by atoms with Gasteiger partial charge in [-0.3, -0.25) is 4.79 Å². The van der Waals surface area contributed by atoms with Gasteiger partial charge >= 0.3 is 12.1 Å². The predicted molar refractivity (Wildman–Crippen MR) is 98.2 cm³/mol. The molecule has 0 saturated heterocycles. The second-order valence-electron chi connectivity index (χ2n) is 6.15. The zero-order chi connectivity index (χ0) is 20.7. The Hall–Kier alpha value is -2.11. The van der Waals surface area contributed by atoms with Crippen molar-refractivity contribution in [3.05, 3.63) is 58.1 Å². The fourth-order valence-corrected chi connectivity index (χ4v) is 5.01. The maximum absolute atomic E-state index is 13.0. The number of hydrogen-bond donors (Lipinski definition) is 1. The number of rotatable bonds is 4. The molecule has 0 aromatic heterocycles. The molecule has 0 aliphatic carbocycles. The van der Waals surface area contributed by atoms with Crippen molar-refractivity contribution in [2.24, 2.45) is 0 Å². The maximum atomic E-state index is 13.0. The Labute approximate surface area is 167 Å². The van der Waals surface area contributed by atoms with E-state index in [-0.39, 0.29) is 23.8 Å². The van der Waals surface area contributed by atoms with Gasteiger partial charge in [-0.25, -0.2) is 8.42 Å². The van der Waals surface area contributed by atoms with Gasteiger partial charge in [0.2, 0.25) is 10.0 Å². The van der Waals surface area contributed by atoms with Gasteiger partial charge < -0.3 is 10.0 Å². The van der Waals surface area contributed by atoms with E-state index in [4.69, 9.17) is 5.11 Å². The Bertz CT molecular complexity index is 1010. The quantitative estimate of drug-likeness (QED) is 0.727. The third-order valence-electron chi connectivity index (χ3n) is 4.18. The molecule has 11 heteroatoms. The molecule has 0 amide bonds. The zero-order valence-corrected chi connectivity index (χ0v) is 16.6. The molecule has 1 heterocycles. The first-order valence-electron chi connectivity index (χ1n) is 7.91. The van der Waals surface area contributed by atoms with Crippen LogP contribution in [0.25, 0.3) is 0 Å². The minimum atomic E-state index is -4.49. The summed E-state index contributed by atoms with van der Waals surface area (Å²) in [5.41, 5.74) is -0.223. The number of alkyl halides is 3. The molecule has 150 valence electrons. The molecule has 1 aliphatic rings. The molecule has 0 fully saturated rings. The number of carboxylic acids is 1. The van der Waals surface area contributed by atoms with Crippen molar-refractivity contribution in [3.63, 3.8) is 0 Å². The second kappa shape index (κ2) is 7.37. The Kier molecular flexibility index (Phi) is 5.43. The molecule has 6 nitrogen and oxygen atoms in total. The van der Waals surface area contributed by atoms with Crippen LogP contribution in [0, 0.1) is 0 Å². The number of fused-ring (bicyclic) bond motifs is 1. The van der Waals surface area contributed by atoms with Crippen molar-refractivity contribution in [1.82, 2.24) is 4.31 Å². The minimum absolute atomic E-state index is 0.0683. The molecule has 0 spiro atoms. The minimum Gasteiger partial charge on any atom is -0.480 e. The van der Waals surface area contributed by atoms with Crippen molar-refractivity contribution in [2.45, 2.75) is 17.6 Å². The van der Waals surface area contributed by atoms with Gasteiger partial charge in [-0.05, 0) is 35.9 Å². The molecule has 0 radical (unpaired) electrons. The molecule has 1 N–H and O–H groups in total. The van der Waals surface area contributed by atoms with Gasteiger partial charge in [0.25, 0.3) is 0 Å². The van der Waals surface area contributed by atoms with Gasteiger partial charge in [-0.1, -0.05) is 28.1 Å².